The van der Waals surface area contributed by atoms with E-state index < -0.39 is 39.8 Å². The maximum atomic E-state index is 13.0. The van der Waals surface area contributed by atoms with Gasteiger partial charge in [-0.2, -0.15) is 0 Å². The number of hydrogen-bond donors (Lipinski definition) is 2. The summed E-state index contributed by atoms with van der Waals surface area (Å²) in [5.41, 5.74) is -0.359. The van der Waals surface area contributed by atoms with Crippen molar-refractivity contribution < 1.29 is 29.2 Å². The molecule has 1 aliphatic rings. The van der Waals surface area contributed by atoms with Crippen LogP contribution in [0.15, 0.2) is 35.9 Å². The van der Waals surface area contributed by atoms with E-state index in [0.29, 0.717) is 5.56 Å². The Balaban J connectivity index is 2.13. The molecule has 1 aliphatic heterocycles. The average Bonchev–Trinajstić information content (AvgIpc) is 2.68. The summed E-state index contributed by atoms with van der Waals surface area (Å²) in [6.45, 7) is 1.65. The number of ether oxygens (including phenoxy) is 1. The second kappa shape index (κ2) is 7.84. The van der Waals surface area contributed by atoms with Crippen LogP contribution in [0.3, 0.4) is 0 Å². The van der Waals surface area contributed by atoms with Crippen LogP contribution in [-0.4, -0.2) is 35.0 Å². The molecule has 4 amide bonds. The fourth-order valence-corrected chi connectivity index (χ4v) is 3.02. The van der Waals surface area contributed by atoms with Crippen LogP contribution < -0.4 is 15.0 Å². The van der Waals surface area contributed by atoms with E-state index in [2.05, 4.69) is 5.32 Å². The van der Waals surface area contributed by atoms with E-state index in [9.17, 15) is 29.6 Å². The number of carbonyl (C=O) groups excluding carboxylic acids is 3. The van der Waals surface area contributed by atoms with Crippen LogP contribution in [0.5, 0.6) is 11.5 Å². The van der Waals surface area contributed by atoms with Crippen molar-refractivity contribution in [3.63, 3.8) is 0 Å². The zero-order valence-corrected chi connectivity index (χ0v) is 16.4. The van der Waals surface area contributed by atoms with Crippen molar-refractivity contribution in [3.05, 3.63) is 62.2 Å². The third-order valence-corrected chi connectivity index (χ3v) is 4.55. The normalized spacial score (nSPS) is 15.4. The van der Waals surface area contributed by atoms with E-state index in [1.807, 2.05) is 0 Å². The number of amides is 4. The summed E-state index contributed by atoms with van der Waals surface area (Å²) in [4.78, 5) is 48.7. The number of phenols is 1. The lowest BCUT2D eigenvalue weighted by Crippen LogP contribution is -2.54. The number of methoxy groups -OCH3 is 1. The number of carbonyl (C=O) groups is 3. The molecule has 154 valence electrons. The third-order valence-electron chi connectivity index (χ3n) is 4.32. The molecule has 2 aromatic rings. The number of phenolic OH excluding ortho intramolecular Hbond substituents is 1. The van der Waals surface area contributed by atoms with Gasteiger partial charge in [-0.1, -0.05) is 17.7 Å². The predicted octanol–water partition coefficient (Wildman–Crippen LogP) is 2.94. The van der Waals surface area contributed by atoms with Crippen molar-refractivity contribution in [1.82, 2.24) is 5.32 Å². The van der Waals surface area contributed by atoms with Gasteiger partial charge in [0, 0.05) is 11.1 Å². The summed E-state index contributed by atoms with van der Waals surface area (Å²) in [6.07, 6.45) is 1.06. The molecule has 30 heavy (non-hydrogen) atoms. The van der Waals surface area contributed by atoms with Crippen LogP contribution in [0.25, 0.3) is 6.08 Å². The fraction of sp³-hybridized carbons (Fsp3) is 0.105. The second-order valence-corrected chi connectivity index (χ2v) is 6.67. The van der Waals surface area contributed by atoms with Crippen molar-refractivity contribution in [2.75, 3.05) is 12.0 Å². The van der Waals surface area contributed by atoms with Crippen LogP contribution in [0.1, 0.15) is 11.1 Å². The topological polar surface area (TPSA) is 139 Å². The Bertz CT molecular complexity index is 1140. The van der Waals surface area contributed by atoms with Gasteiger partial charge in [0.15, 0.2) is 5.75 Å². The summed E-state index contributed by atoms with van der Waals surface area (Å²) in [6, 6.07) is 5.80. The molecule has 10 nitrogen and oxygen atoms in total. The molecule has 0 bridgehead atoms. The number of nitrogens with one attached hydrogen (secondary N) is 1. The number of urea groups is 1. The van der Waals surface area contributed by atoms with Gasteiger partial charge in [0.2, 0.25) is 5.75 Å². The summed E-state index contributed by atoms with van der Waals surface area (Å²) in [5.74, 6) is -2.84. The van der Waals surface area contributed by atoms with E-state index >= 15 is 0 Å². The summed E-state index contributed by atoms with van der Waals surface area (Å²) in [5, 5.41) is 23.4. The van der Waals surface area contributed by atoms with Gasteiger partial charge in [-0.25, -0.2) is 9.69 Å². The van der Waals surface area contributed by atoms with E-state index in [0.717, 1.165) is 17.0 Å². The highest BCUT2D eigenvalue weighted by Crippen LogP contribution is 2.38. The molecule has 2 aromatic carbocycles. The van der Waals surface area contributed by atoms with Gasteiger partial charge < -0.3 is 9.84 Å². The number of nitro benzene ring substituents is 1. The Labute approximate surface area is 174 Å². The quantitative estimate of drug-likeness (QED) is 0.328. The second-order valence-electron chi connectivity index (χ2n) is 6.24. The number of benzene rings is 2. The Morgan fingerprint density at radius 1 is 1.23 bits per heavy atom. The molecule has 0 spiro atoms. The highest BCUT2D eigenvalue weighted by Gasteiger charge is 2.37. The number of rotatable bonds is 4. The number of halogens is 1. The number of imide groups is 2. The van der Waals surface area contributed by atoms with Gasteiger partial charge in [-0.3, -0.25) is 25.0 Å². The standard InChI is InChI=1S/C19H14ClN3O7/c1-9-3-4-11(20)8-13(9)22-18(26)12(17(25)21-19(22)27)5-10-6-14(23(28)29)16(24)15(7-10)30-2/h3-8,24H,1-2H3,(H,21,25,27)/b12-5+. The van der Waals surface area contributed by atoms with Crippen molar-refractivity contribution in [2.24, 2.45) is 0 Å². The molecule has 3 rings (SSSR count). The molecule has 0 atom stereocenters. The summed E-state index contributed by atoms with van der Waals surface area (Å²) in [7, 11) is 1.19. The number of aryl methyl sites for hydroxylation is 1. The molecule has 0 unspecified atom stereocenters. The Morgan fingerprint density at radius 2 is 1.93 bits per heavy atom. The van der Waals surface area contributed by atoms with Gasteiger partial charge in [-0.05, 0) is 42.3 Å². The van der Waals surface area contributed by atoms with Crippen LogP contribution in [0.4, 0.5) is 16.2 Å². The first-order valence-corrected chi connectivity index (χ1v) is 8.74. The molecule has 0 radical (unpaired) electrons. The number of hydrogen-bond acceptors (Lipinski definition) is 7. The van der Waals surface area contributed by atoms with Gasteiger partial charge in [-0.15, -0.1) is 0 Å². The minimum Gasteiger partial charge on any atom is -0.500 e. The predicted molar refractivity (Wildman–Crippen MR) is 107 cm³/mol. The van der Waals surface area contributed by atoms with E-state index in [4.69, 9.17) is 16.3 Å². The Morgan fingerprint density at radius 3 is 2.57 bits per heavy atom. The smallest absolute Gasteiger partial charge is 0.335 e. The van der Waals surface area contributed by atoms with Crippen LogP contribution in [0.2, 0.25) is 5.02 Å². The highest BCUT2D eigenvalue weighted by molar-refractivity contribution is 6.39. The first kappa shape index (κ1) is 20.8. The van der Waals surface area contributed by atoms with E-state index in [-0.39, 0.29) is 22.0 Å². The molecule has 11 heteroatoms. The van der Waals surface area contributed by atoms with E-state index in [1.54, 1.807) is 19.1 Å². The lowest BCUT2D eigenvalue weighted by molar-refractivity contribution is -0.386. The minimum absolute atomic E-state index is 0.0342. The SMILES string of the molecule is COc1cc(/C=C2\C(=O)NC(=O)N(c3cc(Cl)ccc3C)C2=O)cc([N+](=O)[O-])c1O. The van der Waals surface area contributed by atoms with Gasteiger partial charge in [0.05, 0.1) is 17.7 Å². The van der Waals surface area contributed by atoms with Crippen molar-refractivity contribution in [2.45, 2.75) is 6.92 Å². The Hall–Kier alpha value is -3.92. The van der Waals surface area contributed by atoms with Crippen molar-refractivity contribution in [3.8, 4) is 11.5 Å². The lowest BCUT2D eigenvalue weighted by atomic mass is 10.0. The van der Waals surface area contributed by atoms with Crippen molar-refractivity contribution in [1.29, 1.82) is 0 Å². The molecule has 1 saturated heterocycles. The van der Waals surface area contributed by atoms with Gasteiger partial charge >= 0.3 is 11.7 Å². The number of anilines is 1. The van der Waals surface area contributed by atoms with Crippen LogP contribution in [-0.2, 0) is 9.59 Å². The minimum atomic E-state index is -0.976. The van der Waals surface area contributed by atoms with Crippen molar-refractivity contribution >= 4 is 46.9 Å². The fourth-order valence-electron chi connectivity index (χ4n) is 2.86. The molecule has 1 fully saturated rings. The van der Waals surface area contributed by atoms with Gasteiger partial charge in [0.1, 0.15) is 5.57 Å². The third kappa shape index (κ3) is 3.67. The van der Waals surface area contributed by atoms with Crippen LogP contribution >= 0.6 is 11.6 Å². The average molecular weight is 432 g/mol. The first-order chi connectivity index (χ1) is 14.1. The monoisotopic (exact) mass is 431 g/mol. The number of nitrogens with zero attached hydrogens (tertiary/aromatic N) is 2. The number of barbiturate groups is 1. The number of aromatic hydroxyl groups is 1. The maximum absolute atomic E-state index is 13.0. The molecule has 1 heterocycles. The summed E-state index contributed by atoms with van der Waals surface area (Å²) < 4.78 is 4.91. The molecule has 0 aliphatic carbocycles. The molecule has 0 aromatic heterocycles. The molecular formula is C19H14ClN3O7. The largest absolute Gasteiger partial charge is 0.500 e. The molecular weight excluding hydrogens is 418 g/mol. The first-order valence-electron chi connectivity index (χ1n) is 8.37. The van der Waals surface area contributed by atoms with Crippen LogP contribution in [0, 0.1) is 17.0 Å². The summed E-state index contributed by atoms with van der Waals surface area (Å²) >= 11 is 5.97. The maximum Gasteiger partial charge on any atom is 0.335 e. The highest BCUT2D eigenvalue weighted by atomic mass is 35.5. The number of nitro groups is 1. The van der Waals surface area contributed by atoms with E-state index in [1.165, 1.54) is 19.2 Å². The molecule has 2 N–H and O–H groups in total. The zero-order valence-electron chi connectivity index (χ0n) is 15.6. The van der Waals surface area contributed by atoms with Gasteiger partial charge in [0.25, 0.3) is 11.8 Å². The lowest BCUT2D eigenvalue weighted by Gasteiger charge is -2.27. The molecule has 0 saturated carbocycles. The zero-order chi connectivity index (χ0) is 22.2. The Kier molecular flexibility index (Phi) is 5.43.